The number of fused-ring (bicyclic) bond motifs is 1. The van der Waals surface area contributed by atoms with Crippen LogP contribution in [0, 0.1) is 0 Å². The smallest absolute Gasteiger partial charge is 0.338 e. The minimum Gasteiger partial charge on any atom is -0.452 e. The molecule has 30 heavy (non-hydrogen) atoms. The Morgan fingerprint density at radius 1 is 1.00 bits per heavy atom. The van der Waals surface area contributed by atoms with E-state index in [1.54, 1.807) is 12.1 Å². The first-order valence-electron chi connectivity index (χ1n) is 11.2. The molecule has 7 heteroatoms. The molecule has 4 rings (SSSR count). The summed E-state index contributed by atoms with van der Waals surface area (Å²) in [5.41, 5.74) is 0.981. The Labute approximate surface area is 182 Å². The highest BCUT2D eigenvalue weighted by molar-refractivity contribution is 8.00. The maximum atomic E-state index is 13.1. The number of amides is 2. The highest BCUT2D eigenvalue weighted by Crippen LogP contribution is 2.33. The van der Waals surface area contributed by atoms with E-state index in [2.05, 4.69) is 10.2 Å². The number of ether oxygens (including phenoxy) is 1. The molecule has 1 heterocycles. The van der Waals surface area contributed by atoms with Crippen molar-refractivity contribution < 1.29 is 19.1 Å². The van der Waals surface area contributed by atoms with Crippen LogP contribution in [0.4, 0.5) is 5.69 Å². The molecule has 0 atom stereocenters. The fraction of sp³-hybridized carbons (Fsp3) is 0.609. The highest BCUT2D eigenvalue weighted by atomic mass is 32.2. The van der Waals surface area contributed by atoms with Crippen LogP contribution in [-0.4, -0.2) is 47.1 Å². The van der Waals surface area contributed by atoms with Crippen LogP contribution in [0.2, 0.25) is 0 Å². The Kier molecular flexibility index (Phi) is 6.97. The van der Waals surface area contributed by atoms with Crippen LogP contribution < -0.4 is 5.32 Å². The number of carbonyl (C=O) groups is 3. The Morgan fingerprint density at radius 3 is 2.27 bits per heavy atom. The van der Waals surface area contributed by atoms with Crippen molar-refractivity contribution >= 4 is 35.2 Å². The third-order valence-corrected chi connectivity index (χ3v) is 7.47. The fourth-order valence-corrected chi connectivity index (χ4v) is 5.71. The zero-order chi connectivity index (χ0) is 20.9. The number of anilines is 1. The van der Waals surface area contributed by atoms with Crippen molar-refractivity contribution in [3.05, 3.63) is 23.8 Å². The van der Waals surface area contributed by atoms with Crippen molar-refractivity contribution in [1.82, 2.24) is 4.90 Å². The zero-order valence-corrected chi connectivity index (χ0v) is 18.2. The lowest BCUT2D eigenvalue weighted by Gasteiger charge is -2.41. The standard InChI is InChI=1S/C23H30N2O4S/c26-21-15-30-20-12-11-16(13-19(20)24-21)23(28)29-14-22(27)25(17-7-3-1-4-8-17)18-9-5-2-6-10-18/h11-13,17-18H,1-10,14-15H2,(H,24,26). The summed E-state index contributed by atoms with van der Waals surface area (Å²) in [5.74, 6) is -0.292. The molecular formula is C23H30N2O4S. The third kappa shape index (κ3) is 4.99. The van der Waals surface area contributed by atoms with E-state index in [9.17, 15) is 14.4 Å². The van der Waals surface area contributed by atoms with Gasteiger partial charge in [-0.05, 0) is 43.9 Å². The molecule has 1 N–H and O–H groups in total. The van der Waals surface area contributed by atoms with Crippen LogP contribution >= 0.6 is 11.8 Å². The summed E-state index contributed by atoms with van der Waals surface area (Å²) in [6, 6.07) is 5.70. The highest BCUT2D eigenvalue weighted by Gasteiger charge is 2.33. The molecule has 2 aliphatic carbocycles. The van der Waals surface area contributed by atoms with Crippen LogP contribution in [0.5, 0.6) is 0 Å². The van der Waals surface area contributed by atoms with Gasteiger partial charge in [-0.25, -0.2) is 4.79 Å². The van der Waals surface area contributed by atoms with E-state index in [0.717, 1.165) is 30.6 Å². The number of hydrogen-bond donors (Lipinski definition) is 1. The number of carbonyl (C=O) groups excluding carboxylic acids is 3. The molecule has 2 amide bonds. The number of hydrogen-bond acceptors (Lipinski definition) is 5. The quantitative estimate of drug-likeness (QED) is 0.702. The topological polar surface area (TPSA) is 75.7 Å². The van der Waals surface area contributed by atoms with E-state index in [1.807, 2.05) is 6.07 Å². The summed E-state index contributed by atoms with van der Waals surface area (Å²) in [6.07, 6.45) is 11.4. The summed E-state index contributed by atoms with van der Waals surface area (Å²) in [4.78, 5) is 40.3. The lowest BCUT2D eigenvalue weighted by Crippen LogP contribution is -2.50. The normalized spacial score (nSPS) is 20.2. The fourth-order valence-electron chi connectivity index (χ4n) is 4.92. The summed E-state index contributed by atoms with van der Waals surface area (Å²) >= 11 is 1.45. The van der Waals surface area contributed by atoms with Crippen LogP contribution in [0.3, 0.4) is 0 Å². The van der Waals surface area contributed by atoms with Crippen LogP contribution in [-0.2, 0) is 14.3 Å². The van der Waals surface area contributed by atoms with Gasteiger partial charge in [-0.1, -0.05) is 38.5 Å². The minimum atomic E-state index is -0.525. The molecule has 162 valence electrons. The zero-order valence-electron chi connectivity index (χ0n) is 17.4. The second-order valence-electron chi connectivity index (χ2n) is 8.51. The predicted octanol–water partition coefficient (Wildman–Crippen LogP) is 4.38. The van der Waals surface area contributed by atoms with Gasteiger partial charge in [-0.2, -0.15) is 0 Å². The van der Waals surface area contributed by atoms with Gasteiger partial charge >= 0.3 is 5.97 Å². The minimum absolute atomic E-state index is 0.0658. The van der Waals surface area contributed by atoms with E-state index in [4.69, 9.17) is 4.74 Å². The summed E-state index contributed by atoms with van der Waals surface area (Å²) in [7, 11) is 0. The number of rotatable bonds is 5. The predicted molar refractivity (Wildman–Crippen MR) is 117 cm³/mol. The van der Waals surface area contributed by atoms with Crippen molar-refractivity contribution in [2.24, 2.45) is 0 Å². The lowest BCUT2D eigenvalue weighted by molar-refractivity contribution is -0.141. The maximum absolute atomic E-state index is 13.1. The average molecular weight is 431 g/mol. The number of benzene rings is 1. The molecule has 0 bridgehead atoms. The van der Waals surface area contributed by atoms with Gasteiger partial charge in [0.15, 0.2) is 6.61 Å². The monoisotopic (exact) mass is 430 g/mol. The molecule has 2 saturated carbocycles. The van der Waals surface area contributed by atoms with Crippen LogP contribution in [0.1, 0.15) is 74.6 Å². The van der Waals surface area contributed by atoms with E-state index in [0.29, 0.717) is 17.0 Å². The molecule has 3 aliphatic rings. The second kappa shape index (κ2) is 9.86. The van der Waals surface area contributed by atoms with Gasteiger partial charge in [0, 0.05) is 17.0 Å². The largest absolute Gasteiger partial charge is 0.452 e. The SMILES string of the molecule is O=C1CSc2ccc(C(=O)OCC(=O)N(C3CCCCC3)C3CCCCC3)cc2N1. The molecular weight excluding hydrogens is 400 g/mol. The van der Waals surface area contributed by atoms with Crippen LogP contribution in [0.15, 0.2) is 23.1 Å². The second-order valence-corrected chi connectivity index (χ2v) is 9.53. The van der Waals surface area contributed by atoms with Crippen LogP contribution in [0.25, 0.3) is 0 Å². The first-order chi connectivity index (χ1) is 14.6. The Hall–Kier alpha value is -2.02. The van der Waals surface area contributed by atoms with E-state index < -0.39 is 5.97 Å². The third-order valence-electron chi connectivity index (χ3n) is 6.40. The number of esters is 1. The van der Waals surface area contributed by atoms with E-state index in [-0.39, 0.29) is 30.5 Å². The molecule has 1 aliphatic heterocycles. The van der Waals surface area contributed by atoms with Gasteiger partial charge in [0.2, 0.25) is 5.91 Å². The number of nitrogens with zero attached hydrogens (tertiary/aromatic N) is 1. The molecule has 0 unspecified atom stereocenters. The lowest BCUT2D eigenvalue weighted by atomic mass is 9.88. The van der Waals surface area contributed by atoms with Gasteiger partial charge in [0.05, 0.1) is 17.0 Å². The Balaban J connectivity index is 1.40. The van der Waals surface area contributed by atoms with Crippen molar-refractivity contribution in [3.8, 4) is 0 Å². The van der Waals surface area contributed by atoms with Gasteiger partial charge in [-0.3, -0.25) is 9.59 Å². The molecule has 0 spiro atoms. The molecule has 1 aromatic carbocycles. The first kappa shape index (κ1) is 21.2. The average Bonchev–Trinajstić information content (AvgIpc) is 2.78. The molecule has 6 nitrogen and oxygen atoms in total. The number of thioether (sulfide) groups is 1. The molecule has 0 aromatic heterocycles. The van der Waals surface area contributed by atoms with Crippen molar-refractivity contribution in [3.63, 3.8) is 0 Å². The maximum Gasteiger partial charge on any atom is 0.338 e. The van der Waals surface area contributed by atoms with Gasteiger partial charge < -0.3 is 15.0 Å². The molecule has 2 fully saturated rings. The molecule has 0 radical (unpaired) electrons. The summed E-state index contributed by atoms with van der Waals surface area (Å²) in [5, 5.41) is 2.78. The van der Waals surface area contributed by atoms with Crippen molar-refractivity contribution in [1.29, 1.82) is 0 Å². The number of nitrogens with one attached hydrogen (secondary N) is 1. The Morgan fingerprint density at radius 2 is 1.63 bits per heavy atom. The molecule has 1 aromatic rings. The van der Waals surface area contributed by atoms with Gasteiger partial charge in [-0.15, -0.1) is 11.8 Å². The Bertz CT molecular complexity index is 782. The van der Waals surface area contributed by atoms with E-state index in [1.165, 1.54) is 50.3 Å². The van der Waals surface area contributed by atoms with Gasteiger partial charge in [0.25, 0.3) is 5.91 Å². The van der Waals surface area contributed by atoms with Crippen molar-refractivity contribution in [2.45, 2.75) is 81.2 Å². The summed E-state index contributed by atoms with van der Waals surface area (Å²) < 4.78 is 5.42. The molecule has 0 saturated heterocycles. The van der Waals surface area contributed by atoms with Crippen molar-refractivity contribution in [2.75, 3.05) is 17.7 Å². The van der Waals surface area contributed by atoms with E-state index >= 15 is 0 Å². The first-order valence-corrected chi connectivity index (χ1v) is 12.2. The summed E-state index contributed by atoms with van der Waals surface area (Å²) in [6.45, 7) is -0.218. The van der Waals surface area contributed by atoms with Gasteiger partial charge in [0.1, 0.15) is 0 Å².